The number of halogens is 2. The van der Waals surface area contributed by atoms with Crippen molar-refractivity contribution in [3.05, 3.63) is 91.9 Å². The van der Waals surface area contributed by atoms with Gasteiger partial charge in [0.1, 0.15) is 5.82 Å². The topological polar surface area (TPSA) is 46.1 Å². The second kappa shape index (κ2) is 10.5. The third kappa shape index (κ3) is 6.23. The molecule has 0 aliphatic heterocycles. The van der Waals surface area contributed by atoms with Crippen LogP contribution in [0.25, 0.3) is 0 Å². The molecule has 2 aromatic carbocycles. The summed E-state index contributed by atoms with van der Waals surface area (Å²) in [5.74, 6) is 0.938. The molecular weight excluding hydrogens is 518 g/mol. The summed E-state index contributed by atoms with van der Waals surface area (Å²) in [6, 6.07) is 16.6. The van der Waals surface area contributed by atoms with Crippen molar-refractivity contribution in [2.45, 2.75) is 45.6 Å². The highest BCUT2D eigenvalue weighted by Crippen LogP contribution is 2.20. The summed E-state index contributed by atoms with van der Waals surface area (Å²) in [6.45, 7) is 5.98. The van der Waals surface area contributed by atoms with Crippen molar-refractivity contribution in [1.82, 2.24) is 14.9 Å². The Labute approximate surface area is 201 Å². The van der Waals surface area contributed by atoms with E-state index >= 15 is 0 Å². The standard InChI is InChI=1S/C25H27Br2N3O/c1-16(2)24-28-15-23(17(3)29-24)25(31)30(4)22(13-18-5-9-20(26)10-6-18)14-19-7-11-21(27)12-8-19/h5-12,15-16,22H,13-14H2,1-4H3. The van der Waals surface area contributed by atoms with Crippen LogP contribution >= 0.6 is 31.9 Å². The van der Waals surface area contributed by atoms with Gasteiger partial charge < -0.3 is 4.90 Å². The van der Waals surface area contributed by atoms with E-state index in [0.29, 0.717) is 5.56 Å². The Hall–Kier alpha value is -2.05. The van der Waals surface area contributed by atoms with Gasteiger partial charge in [0.2, 0.25) is 0 Å². The van der Waals surface area contributed by atoms with Crippen LogP contribution in [-0.2, 0) is 12.8 Å². The number of likely N-dealkylation sites (N-methyl/N-ethyl adjacent to an activating group) is 1. The van der Waals surface area contributed by atoms with Crippen molar-refractivity contribution in [2.75, 3.05) is 7.05 Å². The molecule has 0 bridgehead atoms. The van der Waals surface area contributed by atoms with Crippen LogP contribution in [0.15, 0.2) is 63.7 Å². The SMILES string of the molecule is Cc1nc(C(C)C)ncc1C(=O)N(C)C(Cc1ccc(Br)cc1)Cc1ccc(Br)cc1. The van der Waals surface area contributed by atoms with Crippen molar-refractivity contribution in [2.24, 2.45) is 0 Å². The fourth-order valence-electron chi connectivity index (χ4n) is 3.46. The summed E-state index contributed by atoms with van der Waals surface area (Å²) in [4.78, 5) is 24.2. The Morgan fingerprint density at radius 2 is 1.42 bits per heavy atom. The number of aromatic nitrogens is 2. The van der Waals surface area contributed by atoms with Crippen molar-refractivity contribution < 1.29 is 4.79 Å². The van der Waals surface area contributed by atoms with Crippen LogP contribution in [0, 0.1) is 6.92 Å². The number of nitrogens with zero attached hydrogens (tertiary/aromatic N) is 3. The number of carbonyl (C=O) groups is 1. The first-order valence-electron chi connectivity index (χ1n) is 10.3. The van der Waals surface area contributed by atoms with E-state index in [1.807, 2.05) is 43.1 Å². The molecule has 162 valence electrons. The van der Waals surface area contributed by atoms with Crippen molar-refractivity contribution in [3.63, 3.8) is 0 Å². The zero-order valence-corrected chi connectivity index (χ0v) is 21.4. The maximum Gasteiger partial charge on any atom is 0.257 e. The van der Waals surface area contributed by atoms with Crippen LogP contribution in [-0.4, -0.2) is 33.9 Å². The molecule has 4 nitrogen and oxygen atoms in total. The molecule has 3 aromatic rings. The molecule has 3 rings (SSSR count). The summed E-state index contributed by atoms with van der Waals surface area (Å²) in [5, 5.41) is 0. The van der Waals surface area contributed by atoms with Crippen molar-refractivity contribution in [1.29, 1.82) is 0 Å². The molecule has 0 aliphatic rings. The van der Waals surface area contributed by atoms with Crippen LogP contribution in [0.3, 0.4) is 0 Å². The molecule has 6 heteroatoms. The molecule has 0 atom stereocenters. The lowest BCUT2D eigenvalue weighted by atomic mass is 9.97. The largest absolute Gasteiger partial charge is 0.338 e. The number of hydrogen-bond donors (Lipinski definition) is 0. The lowest BCUT2D eigenvalue weighted by Crippen LogP contribution is -2.40. The van der Waals surface area contributed by atoms with Crippen molar-refractivity contribution >= 4 is 37.8 Å². The van der Waals surface area contributed by atoms with Gasteiger partial charge in [0.25, 0.3) is 5.91 Å². The van der Waals surface area contributed by atoms with Crippen LogP contribution in [0.5, 0.6) is 0 Å². The van der Waals surface area contributed by atoms with Crippen LogP contribution < -0.4 is 0 Å². The fraction of sp³-hybridized carbons (Fsp3) is 0.320. The number of carbonyl (C=O) groups excluding carboxylic acids is 1. The minimum Gasteiger partial charge on any atom is -0.338 e. The maximum atomic E-state index is 13.4. The zero-order chi connectivity index (χ0) is 22.5. The lowest BCUT2D eigenvalue weighted by Gasteiger charge is -2.29. The Balaban J connectivity index is 1.88. The number of aryl methyl sites for hydroxylation is 1. The highest BCUT2D eigenvalue weighted by Gasteiger charge is 2.24. The van der Waals surface area contributed by atoms with Crippen LogP contribution in [0.1, 0.15) is 52.8 Å². The van der Waals surface area contributed by atoms with E-state index in [4.69, 9.17) is 0 Å². The molecule has 0 N–H and O–H groups in total. The molecule has 0 radical (unpaired) electrons. The van der Waals surface area contributed by atoms with Gasteiger partial charge in [-0.25, -0.2) is 9.97 Å². The van der Waals surface area contributed by atoms with Gasteiger partial charge in [-0.2, -0.15) is 0 Å². The van der Waals surface area contributed by atoms with Gasteiger partial charge >= 0.3 is 0 Å². The molecule has 0 fully saturated rings. The van der Waals surface area contributed by atoms with Crippen molar-refractivity contribution in [3.8, 4) is 0 Å². The molecule has 0 aliphatic carbocycles. The average molecular weight is 545 g/mol. The summed E-state index contributed by atoms with van der Waals surface area (Å²) >= 11 is 6.99. The van der Waals surface area contributed by atoms with E-state index in [0.717, 1.165) is 33.3 Å². The van der Waals surface area contributed by atoms with E-state index in [1.54, 1.807) is 6.20 Å². The highest BCUT2D eigenvalue weighted by atomic mass is 79.9. The normalized spacial score (nSPS) is 11.2. The predicted octanol–water partition coefficient (Wildman–Crippen LogP) is 6.36. The first-order valence-corrected chi connectivity index (χ1v) is 11.9. The molecule has 0 unspecified atom stereocenters. The smallest absolute Gasteiger partial charge is 0.257 e. The zero-order valence-electron chi connectivity index (χ0n) is 18.3. The van der Waals surface area contributed by atoms with E-state index in [1.165, 1.54) is 11.1 Å². The molecule has 1 aromatic heterocycles. The number of amides is 1. The lowest BCUT2D eigenvalue weighted by molar-refractivity contribution is 0.0728. The van der Waals surface area contributed by atoms with E-state index in [-0.39, 0.29) is 17.9 Å². The Morgan fingerprint density at radius 1 is 0.935 bits per heavy atom. The molecular formula is C25H27Br2N3O. The molecule has 1 amide bonds. The third-order valence-corrected chi connectivity index (χ3v) is 6.44. The second-order valence-electron chi connectivity index (χ2n) is 8.11. The van der Waals surface area contributed by atoms with Gasteiger partial charge in [-0.1, -0.05) is 70.0 Å². The summed E-state index contributed by atoms with van der Waals surface area (Å²) in [7, 11) is 1.88. The quantitative estimate of drug-likeness (QED) is 0.347. The highest BCUT2D eigenvalue weighted by molar-refractivity contribution is 9.10. The van der Waals surface area contributed by atoms with Gasteiger partial charge in [-0.3, -0.25) is 4.79 Å². The Kier molecular flexibility index (Phi) is 8.00. The Morgan fingerprint density at radius 3 is 1.84 bits per heavy atom. The first-order chi connectivity index (χ1) is 14.7. The number of rotatable bonds is 7. The average Bonchev–Trinajstić information content (AvgIpc) is 2.75. The maximum absolute atomic E-state index is 13.4. The van der Waals surface area contributed by atoms with Gasteiger partial charge in [-0.05, 0) is 55.2 Å². The van der Waals surface area contributed by atoms with Crippen LogP contribution in [0.4, 0.5) is 0 Å². The van der Waals surface area contributed by atoms with E-state index < -0.39 is 0 Å². The van der Waals surface area contributed by atoms with E-state index in [9.17, 15) is 4.79 Å². The minimum absolute atomic E-state index is 0.000902. The predicted molar refractivity (Wildman–Crippen MR) is 132 cm³/mol. The van der Waals surface area contributed by atoms with Gasteiger partial charge in [0, 0.05) is 34.1 Å². The third-order valence-electron chi connectivity index (χ3n) is 5.38. The number of hydrogen-bond acceptors (Lipinski definition) is 3. The fourth-order valence-corrected chi connectivity index (χ4v) is 3.99. The summed E-state index contributed by atoms with van der Waals surface area (Å²) in [5.41, 5.74) is 3.66. The van der Waals surface area contributed by atoms with E-state index in [2.05, 4.69) is 79.9 Å². The van der Waals surface area contributed by atoms with Gasteiger partial charge in [0.05, 0.1) is 11.3 Å². The van der Waals surface area contributed by atoms with Gasteiger partial charge in [-0.15, -0.1) is 0 Å². The minimum atomic E-state index is -0.0490. The first kappa shape index (κ1) is 23.6. The number of benzene rings is 2. The molecule has 1 heterocycles. The monoisotopic (exact) mass is 543 g/mol. The Bertz CT molecular complexity index is 986. The second-order valence-corrected chi connectivity index (χ2v) is 9.94. The van der Waals surface area contributed by atoms with Crippen LogP contribution in [0.2, 0.25) is 0 Å². The summed E-state index contributed by atoms with van der Waals surface area (Å²) in [6.07, 6.45) is 3.19. The molecule has 0 saturated heterocycles. The summed E-state index contributed by atoms with van der Waals surface area (Å²) < 4.78 is 2.09. The molecule has 0 saturated carbocycles. The molecule has 0 spiro atoms. The molecule has 31 heavy (non-hydrogen) atoms. The van der Waals surface area contributed by atoms with Gasteiger partial charge in [0.15, 0.2) is 0 Å².